The molecule has 7 nitrogen and oxygen atoms in total. The molecule has 0 aromatic carbocycles. The van der Waals surface area contributed by atoms with Gasteiger partial charge in [0.25, 0.3) is 10.2 Å². The number of piperidine rings is 2. The van der Waals surface area contributed by atoms with Crippen molar-refractivity contribution >= 4 is 16.2 Å². The van der Waals surface area contributed by atoms with Crippen LogP contribution in [0.25, 0.3) is 0 Å². The number of carbonyl (C=O) groups excluding carboxylic acids is 1. The standard InChI is InChI=1S/C13H25N3O4S/c1-20-13(17)12-4-7-16(8-5-12)21(18,19)15-10-11-3-2-6-14-9-11/h11-12,14-15H,2-10H2,1H3. The van der Waals surface area contributed by atoms with Crippen LogP contribution in [0.4, 0.5) is 0 Å². The average Bonchev–Trinajstić information content (AvgIpc) is 2.53. The van der Waals surface area contributed by atoms with Crippen LogP contribution in [-0.2, 0) is 19.7 Å². The molecule has 0 aromatic rings. The van der Waals surface area contributed by atoms with Crippen molar-refractivity contribution in [1.29, 1.82) is 0 Å². The van der Waals surface area contributed by atoms with Crippen LogP contribution in [0.15, 0.2) is 0 Å². The van der Waals surface area contributed by atoms with E-state index in [9.17, 15) is 13.2 Å². The number of methoxy groups -OCH3 is 1. The molecule has 0 aliphatic carbocycles. The third-order valence-corrected chi connectivity index (χ3v) is 5.86. The van der Waals surface area contributed by atoms with Gasteiger partial charge in [0.2, 0.25) is 0 Å². The van der Waals surface area contributed by atoms with Crippen molar-refractivity contribution in [3.05, 3.63) is 0 Å². The van der Waals surface area contributed by atoms with E-state index in [1.54, 1.807) is 0 Å². The molecule has 21 heavy (non-hydrogen) atoms. The molecule has 0 spiro atoms. The maximum Gasteiger partial charge on any atom is 0.308 e. The van der Waals surface area contributed by atoms with Crippen LogP contribution in [0.2, 0.25) is 0 Å². The van der Waals surface area contributed by atoms with E-state index >= 15 is 0 Å². The fraction of sp³-hybridized carbons (Fsp3) is 0.923. The first-order chi connectivity index (χ1) is 10.0. The Morgan fingerprint density at radius 2 is 2.05 bits per heavy atom. The van der Waals surface area contributed by atoms with Gasteiger partial charge in [0.1, 0.15) is 0 Å². The lowest BCUT2D eigenvalue weighted by atomic mass is 9.99. The molecule has 2 N–H and O–H groups in total. The summed E-state index contributed by atoms with van der Waals surface area (Å²) in [6, 6.07) is 0. The number of nitrogens with one attached hydrogen (secondary N) is 2. The van der Waals surface area contributed by atoms with Crippen LogP contribution in [0.5, 0.6) is 0 Å². The van der Waals surface area contributed by atoms with E-state index in [1.165, 1.54) is 11.4 Å². The maximum absolute atomic E-state index is 12.3. The van der Waals surface area contributed by atoms with Gasteiger partial charge < -0.3 is 10.1 Å². The highest BCUT2D eigenvalue weighted by Crippen LogP contribution is 2.20. The van der Waals surface area contributed by atoms with Gasteiger partial charge >= 0.3 is 5.97 Å². The molecule has 0 aromatic heterocycles. The van der Waals surface area contributed by atoms with E-state index in [-0.39, 0.29) is 11.9 Å². The highest BCUT2D eigenvalue weighted by atomic mass is 32.2. The molecular weight excluding hydrogens is 294 g/mol. The van der Waals surface area contributed by atoms with Crippen LogP contribution < -0.4 is 10.0 Å². The number of hydrogen-bond donors (Lipinski definition) is 2. The Hall–Kier alpha value is -0.700. The molecule has 2 rings (SSSR count). The van der Waals surface area contributed by atoms with Gasteiger partial charge in [-0.2, -0.15) is 12.7 Å². The molecule has 8 heteroatoms. The highest BCUT2D eigenvalue weighted by Gasteiger charge is 2.31. The zero-order chi connectivity index (χ0) is 15.3. The molecule has 2 saturated heterocycles. The summed E-state index contributed by atoms with van der Waals surface area (Å²) in [5.41, 5.74) is 0. The highest BCUT2D eigenvalue weighted by molar-refractivity contribution is 7.87. The van der Waals surface area contributed by atoms with Gasteiger partial charge in [0, 0.05) is 19.6 Å². The first kappa shape index (κ1) is 16.7. The predicted molar refractivity (Wildman–Crippen MR) is 78.8 cm³/mol. The quantitative estimate of drug-likeness (QED) is 0.680. The summed E-state index contributed by atoms with van der Waals surface area (Å²) in [5.74, 6) is -0.0570. The van der Waals surface area contributed by atoms with Crippen molar-refractivity contribution in [1.82, 2.24) is 14.3 Å². The smallest absolute Gasteiger partial charge is 0.308 e. The van der Waals surface area contributed by atoms with Crippen molar-refractivity contribution in [3.8, 4) is 0 Å². The second kappa shape index (κ2) is 7.53. The Kier molecular flexibility index (Phi) is 5.98. The van der Waals surface area contributed by atoms with E-state index in [0.29, 0.717) is 38.4 Å². The molecule has 2 heterocycles. The zero-order valence-corrected chi connectivity index (χ0v) is 13.3. The minimum Gasteiger partial charge on any atom is -0.469 e. The lowest BCUT2D eigenvalue weighted by Crippen LogP contribution is -2.48. The molecule has 2 fully saturated rings. The summed E-state index contributed by atoms with van der Waals surface area (Å²) in [7, 11) is -2.07. The number of nitrogens with zero attached hydrogens (tertiary/aromatic N) is 1. The number of carbonyl (C=O) groups is 1. The monoisotopic (exact) mass is 319 g/mol. The fourth-order valence-electron chi connectivity index (χ4n) is 2.91. The van der Waals surface area contributed by atoms with Crippen LogP contribution in [0, 0.1) is 11.8 Å². The van der Waals surface area contributed by atoms with Gasteiger partial charge in [-0.3, -0.25) is 4.79 Å². The fourth-order valence-corrected chi connectivity index (χ4v) is 4.23. The van der Waals surface area contributed by atoms with Crippen LogP contribution in [-0.4, -0.2) is 58.5 Å². The largest absolute Gasteiger partial charge is 0.469 e. The van der Waals surface area contributed by atoms with E-state index in [0.717, 1.165) is 25.9 Å². The second-order valence-corrected chi connectivity index (χ2v) is 7.52. The Balaban J connectivity index is 1.79. The van der Waals surface area contributed by atoms with Gasteiger partial charge in [-0.1, -0.05) is 0 Å². The Morgan fingerprint density at radius 1 is 1.33 bits per heavy atom. The summed E-state index contributed by atoms with van der Waals surface area (Å²) in [6.45, 7) is 3.11. The summed E-state index contributed by atoms with van der Waals surface area (Å²) in [4.78, 5) is 11.4. The Morgan fingerprint density at radius 3 is 2.62 bits per heavy atom. The third kappa shape index (κ3) is 4.64. The van der Waals surface area contributed by atoms with Gasteiger partial charge in [-0.15, -0.1) is 0 Å². The predicted octanol–water partition coefficient (Wildman–Crippen LogP) is -0.295. The summed E-state index contributed by atoms with van der Waals surface area (Å²) < 4.78 is 33.3. The van der Waals surface area contributed by atoms with Crippen LogP contribution >= 0.6 is 0 Å². The van der Waals surface area contributed by atoms with E-state index in [1.807, 2.05) is 0 Å². The van der Waals surface area contributed by atoms with Crippen LogP contribution in [0.1, 0.15) is 25.7 Å². The SMILES string of the molecule is COC(=O)C1CCN(S(=O)(=O)NCC2CCCNC2)CC1. The normalized spacial score (nSPS) is 25.7. The first-order valence-corrected chi connectivity index (χ1v) is 9.00. The van der Waals surface area contributed by atoms with Gasteiger partial charge in [0.05, 0.1) is 13.0 Å². The average molecular weight is 319 g/mol. The van der Waals surface area contributed by atoms with Crippen molar-refractivity contribution in [2.45, 2.75) is 25.7 Å². The molecule has 0 amide bonds. The minimum atomic E-state index is -3.44. The van der Waals surface area contributed by atoms with Crippen molar-refractivity contribution in [3.63, 3.8) is 0 Å². The lowest BCUT2D eigenvalue weighted by Gasteiger charge is -2.31. The van der Waals surface area contributed by atoms with E-state index in [4.69, 9.17) is 4.74 Å². The van der Waals surface area contributed by atoms with Crippen LogP contribution in [0.3, 0.4) is 0 Å². The van der Waals surface area contributed by atoms with Gasteiger partial charge in [-0.05, 0) is 44.7 Å². The van der Waals surface area contributed by atoms with Gasteiger partial charge in [0.15, 0.2) is 0 Å². The van der Waals surface area contributed by atoms with Gasteiger partial charge in [-0.25, -0.2) is 4.72 Å². The molecule has 0 saturated carbocycles. The topological polar surface area (TPSA) is 87.7 Å². The molecule has 2 aliphatic rings. The zero-order valence-electron chi connectivity index (χ0n) is 12.5. The van der Waals surface area contributed by atoms with E-state index in [2.05, 4.69) is 10.0 Å². The molecule has 2 aliphatic heterocycles. The lowest BCUT2D eigenvalue weighted by molar-refractivity contribution is -0.146. The molecule has 0 radical (unpaired) electrons. The second-order valence-electron chi connectivity index (χ2n) is 5.76. The summed E-state index contributed by atoms with van der Waals surface area (Å²) >= 11 is 0. The number of ether oxygens (including phenoxy) is 1. The molecular formula is C13H25N3O4S. The molecule has 0 bridgehead atoms. The number of hydrogen-bond acceptors (Lipinski definition) is 5. The Labute approximate surface area is 126 Å². The minimum absolute atomic E-state index is 0.177. The third-order valence-electron chi connectivity index (χ3n) is 4.28. The van der Waals surface area contributed by atoms with Crippen molar-refractivity contribution in [2.75, 3.05) is 39.8 Å². The van der Waals surface area contributed by atoms with E-state index < -0.39 is 10.2 Å². The molecule has 1 unspecified atom stereocenters. The number of esters is 1. The summed E-state index contributed by atoms with van der Waals surface area (Å²) in [5, 5.41) is 3.28. The Bertz CT molecular complexity index is 440. The molecule has 122 valence electrons. The maximum atomic E-state index is 12.3. The molecule has 1 atom stereocenters. The number of rotatable bonds is 5. The summed E-state index contributed by atoms with van der Waals surface area (Å²) in [6.07, 6.45) is 3.20. The first-order valence-electron chi connectivity index (χ1n) is 7.56. The van der Waals surface area contributed by atoms with Crippen molar-refractivity contribution in [2.24, 2.45) is 11.8 Å². The van der Waals surface area contributed by atoms with Crippen molar-refractivity contribution < 1.29 is 17.9 Å².